The summed E-state index contributed by atoms with van der Waals surface area (Å²) in [6.07, 6.45) is 3.55. The highest BCUT2D eigenvalue weighted by Crippen LogP contribution is 2.14. The average molecular weight is 264 g/mol. The number of hydrogen-bond donors (Lipinski definition) is 2. The van der Waals surface area contributed by atoms with Crippen molar-refractivity contribution in [3.05, 3.63) is 17.0 Å². The molecule has 0 bridgehead atoms. The third-order valence-electron chi connectivity index (χ3n) is 3.92. The molecule has 1 saturated heterocycles. The van der Waals surface area contributed by atoms with E-state index >= 15 is 0 Å². The molecule has 0 saturated carbocycles. The smallest absolute Gasteiger partial charge is 0.220 e. The second-order valence-electron chi connectivity index (χ2n) is 5.38. The average Bonchev–Trinajstić information content (AvgIpc) is 2.62. The molecule has 1 aliphatic heterocycles. The van der Waals surface area contributed by atoms with E-state index < -0.39 is 0 Å². The summed E-state index contributed by atoms with van der Waals surface area (Å²) in [7, 11) is 1.94. The van der Waals surface area contributed by atoms with Crippen LogP contribution in [0.3, 0.4) is 0 Å². The van der Waals surface area contributed by atoms with E-state index in [0.29, 0.717) is 12.5 Å². The molecular formula is C14H24N4O. The molecule has 106 valence electrons. The SMILES string of the molecule is Cc1nn(C)c(C)c1CCC(=O)NC1CCCNC1. The Balaban J connectivity index is 1.82. The van der Waals surface area contributed by atoms with Gasteiger partial charge in [0.1, 0.15) is 0 Å². The Morgan fingerprint density at radius 1 is 1.53 bits per heavy atom. The largest absolute Gasteiger partial charge is 0.352 e. The highest BCUT2D eigenvalue weighted by Gasteiger charge is 2.16. The summed E-state index contributed by atoms with van der Waals surface area (Å²) in [6, 6.07) is 0.303. The van der Waals surface area contributed by atoms with Gasteiger partial charge in [0.15, 0.2) is 0 Å². The minimum absolute atomic E-state index is 0.149. The van der Waals surface area contributed by atoms with Crippen molar-refractivity contribution in [2.45, 2.75) is 45.6 Å². The molecule has 1 amide bonds. The molecule has 0 aliphatic carbocycles. The van der Waals surface area contributed by atoms with Crippen LogP contribution in [0, 0.1) is 13.8 Å². The molecule has 5 nitrogen and oxygen atoms in total. The van der Waals surface area contributed by atoms with E-state index in [4.69, 9.17) is 0 Å². The third kappa shape index (κ3) is 3.56. The van der Waals surface area contributed by atoms with E-state index in [1.165, 1.54) is 5.56 Å². The van der Waals surface area contributed by atoms with Crippen LogP contribution in [0.2, 0.25) is 0 Å². The van der Waals surface area contributed by atoms with Gasteiger partial charge in [-0.3, -0.25) is 9.48 Å². The normalized spacial score (nSPS) is 19.4. The van der Waals surface area contributed by atoms with Gasteiger partial charge >= 0.3 is 0 Å². The van der Waals surface area contributed by atoms with E-state index in [-0.39, 0.29) is 5.91 Å². The molecule has 0 aromatic carbocycles. The van der Waals surface area contributed by atoms with Gasteiger partial charge in [0.25, 0.3) is 0 Å². The van der Waals surface area contributed by atoms with Crippen molar-refractivity contribution in [1.29, 1.82) is 0 Å². The van der Waals surface area contributed by atoms with Crippen LogP contribution < -0.4 is 10.6 Å². The maximum absolute atomic E-state index is 11.9. The molecule has 5 heteroatoms. The molecule has 1 aromatic rings. The lowest BCUT2D eigenvalue weighted by molar-refractivity contribution is -0.121. The number of piperidine rings is 1. The molecule has 1 aromatic heterocycles. The minimum Gasteiger partial charge on any atom is -0.352 e. The molecular weight excluding hydrogens is 240 g/mol. The van der Waals surface area contributed by atoms with Crippen molar-refractivity contribution in [2.75, 3.05) is 13.1 Å². The van der Waals surface area contributed by atoms with Crippen LogP contribution >= 0.6 is 0 Å². The summed E-state index contributed by atoms with van der Waals surface area (Å²) in [4.78, 5) is 11.9. The van der Waals surface area contributed by atoms with E-state index in [1.807, 2.05) is 18.7 Å². The first-order chi connectivity index (χ1) is 9.08. The monoisotopic (exact) mass is 264 g/mol. The Morgan fingerprint density at radius 3 is 2.89 bits per heavy atom. The van der Waals surface area contributed by atoms with E-state index in [1.54, 1.807) is 0 Å². The topological polar surface area (TPSA) is 59.0 Å². The van der Waals surface area contributed by atoms with E-state index in [0.717, 1.165) is 43.7 Å². The zero-order chi connectivity index (χ0) is 13.8. The highest BCUT2D eigenvalue weighted by molar-refractivity contribution is 5.76. The molecule has 19 heavy (non-hydrogen) atoms. The van der Waals surface area contributed by atoms with Gasteiger partial charge in [-0.1, -0.05) is 0 Å². The second-order valence-corrected chi connectivity index (χ2v) is 5.38. The predicted molar refractivity (Wildman–Crippen MR) is 75.0 cm³/mol. The van der Waals surface area contributed by atoms with Crippen LogP contribution in [0.5, 0.6) is 0 Å². The molecule has 0 radical (unpaired) electrons. The fourth-order valence-electron chi connectivity index (χ4n) is 2.69. The first-order valence-corrected chi connectivity index (χ1v) is 7.07. The fourth-order valence-corrected chi connectivity index (χ4v) is 2.69. The van der Waals surface area contributed by atoms with Crippen LogP contribution in [0.4, 0.5) is 0 Å². The lowest BCUT2D eigenvalue weighted by Crippen LogP contribution is -2.45. The van der Waals surface area contributed by atoms with Crippen molar-refractivity contribution in [2.24, 2.45) is 7.05 Å². The van der Waals surface area contributed by atoms with Crippen LogP contribution in [0.25, 0.3) is 0 Å². The summed E-state index contributed by atoms with van der Waals surface area (Å²) in [5.41, 5.74) is 3.40. The standard InChI is InChI=1S/C14H24N4O/c1-10-13(11(2)18(3)17-10)6-7-14(19)16-12-5-4-8-15-9-12/h12,15H,4-9H2,1-3H3,(H,16,19). The lowest BCUT2D eigenvalue weighted by atomic mass is 10.1. The van der Waals surface area contributed by atoms with Gasteiger partial charge in [0.2, 0.25) is 5.91 Å². The van der Waals surface area contributed by atoms with Gasteiger partial charge < -0.3 is 10.6 Å². The van der Waals surface area contributed by atoms with Gasteiger partial charge in [0.05, 0.1) is 5.69 Å². The molecule has 0 spiro atoms. The van der Waals surface area contributed by atoms with Crippen molar-refractivity contribution >= 4 is 5.91 Å². The molecule has 1 aliphatic rings. The maximum atomic E-state index is 11.9. The quantitative estimate of drug-likeness (QED) is 0.847. The first kappa shape index (κ1) is 14.1. The van der Waals surface area contributed by atoms with E-state index in [2.05, 4.69) is 22.7 Å². The number of carbonyl (C=O) groups is 1. The van der Waals surface area contributed by atoms with Crippen LogP contribution in [0.1, 0.15) is 36.2 Å². The van der Waals surface area contributed by atoms with Gasteiger partial charge in [-0.15, -0.1) is 0 Å². The van der Waals surface area contributed by atoms with Crippen molar-refractivity contribution in [3.63, 3.8) is 0 Å². The van der Waals surface area contributed by atoms with Gasteiger partial charge in [-0.2, -0.15) is 5.10 Å². The molecule has 2 N–H and O–H groups in total. The summed E-state index contributed by atoms with van der Waals surface area (Å²) >= 11 is 0. The number of nitrogens with one attached hydrogen (secondary N) is 2. The Hall–Kier alpha value is -1.36. The zero-order valence-corrected chi connectivity index (χ0v) is 12.1. The van der Waals surface area contributed by atoms with Gasteiger partial charge in [0, 0.05) is 31.7 Å². The Bertz CT molecular complexity index is 447. The number of nitrogens with zero attached hydrogens (tertiary/aromatic N) is 2. The van der Waals surface area contributed by atoms with Gasteiger partial charge in [-0.25, -0.2) is 0 Å². The Labute approximate surface area is 114 Å². The Morgan fingerprint density at radius 2 is 2.32 bits per heavy atom. The van der Waals surface area contributed by atoms with Crippen LogP contribution in [0.15, 0.2) is 0 Å². The summed E-state index contributed by atoms with van der Waals surface area (Å²) in [5.74, 6) is 0.149. The summed E-state index contributed by atoms with van der Waals surface area (Å²) < 4.78 is 1.88. The number of aromatic nitrogens is 2. The number of carbonyl (C=O) groups excluding carboxylic acids is 1. The Kier molecular flexibility index (Phi) is 4.58. The van der Waals surface area contributed by atoms with Crippen LogP contribution in [-0.2, 0) is 18.3 Å². The first-order valence-electron chi connectivity index (χ1n) is 7.07. The number of hydrogen-bond acceptors (Lipinski definition) is 3. The number of amides is 1. The zero-order valence-electron chi connectivity index (χ0n) is 12.1. The molecule has 2 heterocycles. The van der Waals surface area contributed by atoms with Crippen molar-refractivity contribution in [1.82, 2.24) is 20.4 Å². The van der Waals surface area contributed by atoms with E-state index in [9.17, 15) is 4.79 Å². The summed E-state index contributed by atoms with van der Waals surface area (Å²) in [6.45, 7) is 6.03. The number of aryl methyl sites for hydroxylation is 2. The molecule has 1 fully saturated rings. The predicted octanol–water partition coefficient (Wildman–Crippen LogP) is 0.838. The molecule has 2 rings (SSSR count). The lowest BCUT2D eigenvalue weighted by Gasteiger charge is -2.23. The summed E-state index contributed by atoms with van der Waals surface area (Å²) in [5, 5.41) is 10.8. The van der Waals surface area contributed by atoms with Gasteiger partial charge in [-0.05, 0) is 45.2 Å². The third-order valence-corrected chi connectivity index (χ3v) is 3.92. The second kappa shape index (κ2) is 6.19. The maximum Gasteiger partial charge on any atom is 0.220 e. The molecule has 1 atom stereocenters. The fraction of sp³-hybridized carbons (Fsp3) is 0.714. The van der Waals surface area contributed by atoms with Crippen LogP contribution in [-0.4, -0.2) is 34.8 Å². The highest BCUT2D eigenvalue weighted by atomic mass is 16.1. The van der Waals surface area contributed by atoms with Crippen molar-refractivity contribution < 1.29 is 4.79 Å². The number of rotatable bonds is 4. The molecule has 1 unspecified atom stereocenters. The van der Waals surface area contributed by atoms with Crippen molar-refractivity contribution in [3.8, 4) is 0 Å². The minimum atomic E-state index is 0.149.